The predicted molar refractivity (Wildman–Crippen MR) is 126 cm³/mol. The van der Waals surface area contributed by atoms with Crippen molar-refractivity contribution in [2.75, 3.05) is 19.0 Å². The van der Waals surface area contributed by atoms with Crippen molar-refractivity contribution in [3.05, 3.63) is 76.4 Å². The van der Waals surface area contributed by atoms with Gasteiger partial charge in [0.25, 0.3) is 5.91 Å². The van der Waals surface area contributed by atoms with Crippen LogP contribution in [0.15, 0.2) is 54.7 Å². The lowest BCUT2D eigenvalue weighted by Crippen LogP contribution is -2.19. The summed E-state index contributed by atoms with van der Waals surface area (Å²) in [5.41, 5.74) is 2.03. The Morgan fingerprint density at radius 2 is 1.91 bits per heavy atom. The molecule has 0 aliphatic rings. The normalized spacial score (nSPS) is 10.8. The topological polar surface area (TPSA) is 95.3 Å². The maximum atomic E-state index is 13.2. The molecule has 0 spiro atoms. The third-order valence-corrected chi connectivity index (χ3v) is 5.26. The SMILES string of the molecule is CCOC(=O)c1cnn(-c2cc(C)c3ccccc3n2)c1NC(=O)c1cc(Cl)ccc1OC. The van der Waals surface area contributed by atoms with E-state index in [2.05, 4.69) is 15.4 Å². The number of ether oxygens (including phenoxy) is 2. The van der Waals surface area contributed by atoms with Gasteiger partial charge >= 0.3 is 5.97 Å². The number of amides is 1. The van der Waals surface area contributed by atoms with Gasteiger partial charge in [0.1, 0.15) is 11.3 Å². The predicted octanol–water partition coefficient (Wildman–Crippen LogP) is 4.82. The first-order valence-corrected chi connectivity index (χ1v) is 10.6. The van der Waals surface area contributed by atoms with Crippen LogP contribution in [-0.2, 0) is 4.74 Å². The molecule has 0 unspecified atom stereocenters. The zero-order valence-corrected chi connectivity index (χ0v) is 19.0. The Hall–Kier alpha value is -3.91. The highest BCUT2D eigenvalue weighted by atomic mass is 35.5. The number of methoxy groups -OCH3 is 1. The van der Waals surface area contributed by atoms with Gasteiger partial charge in [-0.2, -0.15) is 9.78 Å². The van der Waals surface area contributed by atoms with E-state index in [1.54, 1.807) is 19.1 Å². The Morgan fingerprint density at radius 1 is 1.12 bits per heavy atom. The fourth-order valence-corrected chi connectivity index (χ4v) is 3.65. The van der Waals surface area contributed by atoms with Crippen molar-refractivity contribution in [1.29, 1.82) is 0 Å². The summed E-state index contributed by atoms with van der Waals surface area (Å²) in [4.78, 5) is 30.4. The van der Waals surface area contributed by atoms with Crippen LogP contribution in [0.1, 0.15) is 33.2 Å². The lowest BCUT2D eigenvalue weighted by atomic mass is 10.1. The summed E-state index contributed by atoms with van der Waals surface area (Å²) in [6.07, 6.45) is 1.34. The van der Waals surface area contributed by atoms with Gasteiger partial charge in [0.15, 0.2) is 11.6 Å². The zero-order valence-electron chi connectivity index (χ0n) is 18.3. The minimum atomic E-state index is -0.616. The minimum Gasteiger partial charge on any atom is -0.496 e. The van der Waals surface area contributed by atoms with Crippen LogP contribution in [0, 0.1) is 6.92 Å². The molecule has 9 heteroatoms. The van der Waals surface area contributed by atoms with Crippen molar-refractivity contribution >= 4 is 40.2 Å². The van der Waals surface area contributed by atoms with Crippen LogP contribution in [0.2, 0.25) is 5.02 Å². The number of rotatable bonds is 6. The highest BCUT2D eigenvalue weighted by Gasteiger charge is 2.24. The highest BCUT2D eigenvalue weighted by Crippen LogP contribution is 2.27. The zero-order chi connectivity index (χ0) is 23.5. The molecule has 0 aliphatic carbocycles. The number of aryl methyl sites for hydroxylation is 1. The quantitative estimate of drug-likeness (QED) is 0.411. The van der Waals surface area contributed by atoms with Gasteiger partial charge in [0.2, 0.25) is 0 Å². The second-order valence-electron chi connectivity index (χ2n) is 7.15. The second-order valence-corrected chi connectivity index (χ2v) is 7.59. The molecule has 0 radical (unpaired) electrons. The van der Waals surface area contributed by atoms with Crippen molar-refractivity contribution in [1.82, 2.24) is 14.8 Å². The monoisotopic (exact) mass is 464 g/mol. The molecule has 0 saturated heterocycles. The van der Waals surface area contributed by atoms with Gasteiger partial charge in [-0.25, -0.2) is 9.78 Å². The highest BCUT2D eigenvalue weighted by molar-refractivity contribution is 6.31. The Bertz CT molecular complexity index is 1370. The van der Waals surface area contributed by atoms with Gasteiger partial charge in [0, 0.05) is 10.4 Å². The number of anilines is 1. The van der Waals surface area contributed by atoms with E-state index in [0.717, 1.165) is 16.5 Å². The van der Waals surface area contributed by atoms with Gasteiger partial charge in [-0.15, -0.1) is 0 Å². The number of fused-ring (bicyclic) bond motifs is 1. The lowest BCUT2D eigenvalue weighted by Gasteiger charge is -2.13. The number of esters is 1. The smallest absolute Gasteiger partial charge is 0.343 e. The van der Waals surface area contributed by atoms with Crippen LogP contribution in [0.3, 0.4) is 0 Å². The van der Waals surface area contributed by atoms with Crippen LogP contribution < -0.4 is 10.1 Å². The summed E-state index contributed by atoms with van der Waals surface area (Å²) in [5.74, 6) is -0.244. The second kappa shape index (κ2) is 9.30. The van der Waals surface area contributed by atoms with Gasteiger partial charge in [-0.3, -0.25) is 4.79 Å². The van der Waals surface area contributed by atoms with E-state index in [4.69, 9.17) is 21.1 Å². The molecule has 2 aromatic carbocycles. The largest absolute Gasteiger partial charge is 0.496 e. The van der Waals surface area contributed by atoms with Crippen LogP contribution in [0.5, 0.6) is 5.75 Å². The molecule has 2 heterocycles. The van der Waals surface area contributed by atoms with Gasteiger partial charge in [-0.05, 0) is 49.7 Å². The maximum absolute atomic E-state index is 13.2. The molecule has 1 amide bonds. The van der Waals surface area contributed by atoms with Crippen LogP contribution >= 0.6 is 11.6 Å². The number of nitrogens with one attached hydrogen (secondary N) is 1. The Labute approximate surface area is 195 Å². The number of pyridine rings is 1. The number of hydrogen-bond acceptors (Lipinski definition) is 6. The molecule has 33 heavy (non-hydrogen) atoms. The van der Waals surface area contributed by atoms with E-state index < -0.39 is 11.9 Å². The number of hydrogen-bond donors (Lipinski definition) is 1. The lowest BCUT2D eigenvalue weighted by molar-refractivity contribution is 0.0527. The van der Waals surface area contributed by atoms with Crippen LogP contribution in [0.4, 0.5) is 5.82 Å². The molecule has 0 fully saturated rings. The summed E-state index contributed by atoms with van der Waals surface area (Å²) in [7, 11) is 1.45. The number of para-hydroxylation sites is 1. The number of carbonyl (C=O) groups excluding carboxylic acids is 2. The molecule has 2 aromatic heterocycles. The Balaban J connectivity index is 1.83. The molecule has 1 N–H and O–H groups in total. The van der Waals surface area contributed by atoms with Crippen LogP contribution in [-0.4, -0.2) is 40.4 Å². The van der Waals surface area contributed by atoms with Crippen molar-refractivity contribution in [3.8, 4) is 11.6 Å². The fraction of sp³-hybridized carbons (Fsp3) is 0.167. The number of nitrogens with zero attached hydrogens (tertiary/aromatic N) is 3. The van der Waals surface area contributed by atoms with Crippen molar-refractivity contribution in [2.45, 2.75) is 13.8 Å². The Morgan fingerprint density at radius 3 is 2.67 bits per heavy atom. The summed E-state index contributed by atoms with van der Waals surface area (Å²) in [6, 6.07) is 14.2. The van der Waals surface area contributed by atoms with E-state index in [9.17, 15) is 9.59 Å². The van der Waals surface area contributed by atoms with Crippen molar-refractivity contribution in [2.24, 2.45) is 0 Å². The average Bonchev–Trinajstić information content (AvgIpc) is 3.22. The third-order valence-electron chi connectivity index (χ3n) is 5.03. The fourth-order valence-electron chi connectivity index (χ4n) is 3.47. The van der Waals surface area contributed by atoms with E-state index in [-0.39, 0.29) is 23.6 Å². The molecule has 168 valence electrons. The van der Waals surface area contributed by atoms with E-state index in [1.807, 2.05) is 37.3 Å². The molecular weight excluding hydrogens is 444 g/mol. The molecule has 4 rings (SSSR count). The maximum Gasteiger partial charge on any atom is 0.343 e. The number of aromatic nitrogens is 3. The van der Waals surface area contributed by atoms with Gasteiger partial charge in [-0.1, -0.05) is 29.8 Å². The summed E-state index contributed by atoms with van der Waals surface area (Å²) >= 11 is 6.09. The minimum absolute atomic E-state index is 0.0961. The number of carbonyl (C=O) groups is 2. The molecule has 8 nitrogen and oxygen atoms in total. The number of halogens is 1. The first-order valence-electron chi connectivity index (χ1n) is 10.2. The van der Waals surface area contributed by atoms with Crippen LogP contribution in [0.25, 0.3) is 16.7 Å². The first kappa shape index (κ1) is 22.3. The Kier molecular flexibility index (Phi) is 6.28. The van der Waals surface area contributed by atoms with E-state index >= 15 is 0 Å². The first-order chi connectivity index (χ1) is 15.9. The van der Waals surface area contributed by atoms with Gasteiger partial charge in [0.05, 0.1) is 31.0 Å². The van der Waals surface area contributed by atoms with E-state index in [0.29, 0.717) is 16.6 Å². The molecule has 4 aromatic rings. The molecule has 0 aliphatic heterocycles. The summed E-state index contributed by atoms with van der Waals surface area (Å²) < 4.78 is 11.8. The van der Waals surface area contributed by atoms with E-state index in [1.165, 1.54) is 24.1 Å². The van der Waals surface area contributed by atoms with Crippen molar-refractivity contribution < 1.29 is 19.1 Å². The summed E-state index contributed by atoms with van der Waals surface area (Å²) in [6.45, 7) is 3.83. The third kappa shape index (κ3) is 4.38. The standard InChI is InChI=1S/C24H21ClN4O4/c1-4-33-24(31)18-13-26-29(21-11-14(2)16-7-5-6-8-19(16)27-21)22(18)28-23(30)17-12-15(25)9-10-20(17)32-3/h5-13H,4H2,1-3H3,(H,28,30). The van der Waals surface area contributed by atoms with Gasteiger partial charge < -0.3 is 14.8 Å². The molecule has 0 atom stereocenters. The van der Waals surface area contributed by atoms with Crippen molar-refractivity contribution in [3.63, 3.8) is 0 Å². The molecule has 0 bridgehead atoms. The average molecular weight is 465 g/mol. The summed E-state index contributed by atoms with van der Waals surface area (Å²) in [5, 5.41) is 8.45. The molecular formula is C24H21ClN4O4. The molecule has 0 saturated carbocycles. The number of benzene rings is 2.